The third-order valence-corrected chi connectivity index (χ3v) is 3.84. The van der Waals surface area contributed by atoms with Gasteiger partial charge < -0.3 is 9.88 Å². The highest BCUT2D eigenvalue weighted by atomic mass is 32.1. The molecule has 0 aliphatic carbocycles. The van der Waals surface area contributed by atoms with Gasteiger partial charge in [0.1, 0.15) is 5.82 Å². The average molecular weight is 348 g/mol. The standard InChI is InChI=1S/C17H21FN4OS/c1-10(2)22-11(3)9-15(12(22)4)16(23)20-21-17(24)19-14-7-5-13(18)6-8-14/h5-10H,1-4H3,(H,20,23)(H2,19,21,24). The number of aromatic nitrogens is 1. The molecule has 1 aromatic heterocycles. The smallest absolute Gasteiger partial charge is 0.271 e. The Kier molecular flexibility index (Phi) is 5.56. The highest BCUT2D eigenvalue weighted by Gasteiger charge is 2.17. The fraction of sp³-hybridized carbons (Fsp3) is 0.294. The van der Waals surface area contributed by atoms with Crippen LogP contribution < -0.4 is 16.2 Å². The molecule has 0 aliphatic rings. The van der Waals surface area contributed by atoms with E-state index in [0.717, 1.165) is 11.4 Å². The normalized spacial score (nSPS) is 10.6. The quantitative estimate of drug-likeness (QED) is 0.587. The zero-order chi connectivity index (χ0) is 17.9. The van der Waals surface area contributed by atoms with Gasteiger partial charge in [0.15, 0.2) is 5.11 Å². The van der Waals surface area contributed by atoms with Crippen molar-refractivity contribution >= 4 is 28.9 Å². The van der Waals surface area contributed by atoms with Gasteiger partial charge in [-0.15, -0.1) is 0 Å². The van der Waals surface area contributed by atoms with Crippen LogP contribution >= 0.6 is 12.2 Å². The summed E-state index contributed by atoms with van der Waals surface area (Å²) in [5.74, 6) is -0.591. The van der Waals surface area contributed by atoms with Crippen molar-refractivity contribution in [2.75, 3.05) is 5.32 Å². The topological polar surface area (TPSA) is 58.1 Å². The highest BCUT2D eigenvalue weighted by molar-refractivity contribution is 7.80. The number of nitrogens with one attached hydrogen (secondary N) is 3. The van der Waals surface area contributed by atoms with E-state index in [1.165, 1.54) is 12.1 Å². The number of hydrazine groups is 1. The minimum absolute atomic E-state index is 0.215. The molecule has 0 bridgehead atoms. The van der Waals surface area contributed by atoms with E-state index < -0.39 is 0 Å². The number of hydrogen-bond acceptors (Lipinski definition) is 2. The number of benzene rings is 1. The molecule has 0 radical (unpaired) electrons. The van der Waals surface area contributed by atoms with Crippen molar-refractivity contribution < 1.29 is 9.18 Å². The van der Waals surface area contributed by atoms with Gasteiger partial charge in [-0.1, -0.05) is 0 Å². The van der Waals surface area contributed by atoms with Gasteiger partial charge in [-0.25, -0.2) is 4.39 Å². The van der Waals surface area contributed by atoms with Gasteiger partial charge in [0.2, 0.25) is 0 Å². The maximum Gasteiger partial charge on any atom is 0.271 e. The zero-order valence-electron chi connectivity index (χ0n) is 14.1. The molecule has 1 aromatic carbocycles. The summed E-state index contributed by atoms with van der Waals surface area (Å²) in [5, 5.41) is 3.07. The number of nitrogens with zero attached hydrogens (tertiary/aromatic N) is 1. The Balaban J connectivity index is 1.97. The molecular weight excluding hydrogens is 327 g/mol. The number of carbonyl (C=O) groups excluding carboxylic acids is 1. The van der Waals surface area contributed by atoms with E-state index in [1.54, 1.807) is 12.1 Å². The molecule has 3 N–H and O–H groups in total. The molecule has 0 saturated carbocycles. The van der Waals surface area contributed by atoms with E-state index in [9.17, 15) is 9.18 Å². The Morgan fingerprint density at radius 1 is 1.17 bits per heavy atom. The van der Waals surface area contributed by atoms with Gasteiger partial charge in [-0.3, -0.25) is 15.6 Å². The summed E-state index contributed by atoms with van der Waals surface area (Å²) in [6.45, 7) is 8.03. The first-order valence-corrected chi connectivity index (χ1v) is 8.01. The highest BCUT2D eigenvalue weighted by Crippen LogP contribution is 2.19. The molecule has 0 saturated heterocycles. The van der Waals surface area contributed by atoms with Crippen LogP contribution in [0.2, 0.25) is 0 Å². The van der Waals surface area contributed by atoms with Crippen molar-refractivity contribution in [2.24, 2.45) is 0 Å². The number of aryl methyl sites for hydroxylation is 1. The Morgan fingerprint density at radius 2 is 1.79 bits per heavy atom. The van der Waals surface area contributed by atoms with Crippen LogP contribution in [0.25, 0.3) is 0 Å². The van der Waals surface area contributed by atoms with Gasteiger partial charge in [0.05, 0.1) is 5.56 Å². The molecule has 2 aromatic rings. The lowest BCUT2D eigenvalue weighted by molar-refractivity contribution is 0.0943. The number of thiocarbonyl (C=S) groups is 1. The lowest BCUT2D eigenvalue weighted by atomic mass is 10.2. The molecule has 128 valence electrons. The minimum atomic E-state index is -0.326. The average Bonchev–Trinajstić information content (AvgIpc) is 2.82. The summed E-state index contributed by atoms with van der Waals surface area (Å²) in [6.07, 6.45) is 0. The van der Waals surface area contributed by atoms with Gasteiger partial charge in [0.25, 0.3) is 5.91 Å². The predicted octanol–water partition coefficient (Wildman–Crippen LogP) is 3.46. The lowest BCUT2D eigenvalue weighted by Gasteiger charge is -2.14. The lowest BCUT2D eigenvalue weighted by Crippen LogP contribution is -2.43. The molecule has 2 rings (SSSR count). The number of rotatable bonds is 3. The van der Waals surface area contributed by atoms with E-state index >= 15 is 0 Å². The number of anilines is 1. The Labute approximate surface area is 146 Å². The van der Waals surface area contributed by atoms with Gasteiger partial charge >= 0.3 is 0 Å². The van der Waals surface area contributed by atoms with Crippen molar-refractivity contribution in [3.63, 3.8) is 0 Å². The first-order chi connectivity index (χ1) is 11.3. The Hall–Kier alpha value is -2.41. The summed E-state index contributed by atoms with van der Waals surface area (Å²) in [7, 11) is 0. The largest absolute Gasteiger partial charge is 0.346 e. The summed E-state index contributed by atoms with van der Waals surface area (Å²) in [4.78, 5) is 12.3. The van der Waals surface area contributed by atoms with E-state index in [2.05, 4.69) is 34.6 Å². The number of halogens is 1. The van der Waals surface area contributed by atoms with E-state index in [1.807, 2.05) is 19.9 Å². The predicted molar refractivity (Wildman–Crippen MR) is 97.5 cm³/mol. The molecule has 7 heteroatoms. The molecule has 5 nitrogen and oxygen atoms in total. The maximum absolute atomic E-state index is 12.9. The SMILES string of the molecule is Cc1cc(C(=O)NNC(=S)Nc2ccc(F)cc2)c(C)n1C(C)C. The van der Waals surface area contributed by atoms with Crippen molar-refractivity contribution in [1.29, 1.82) is 0 Å². The van der Waals surface area contributed by atoms with Crippen LogP contribution in [0.3, 0.4) is 0 Å². The molecule has 24 heavy (non-hydrogen) atoms. The van der Waals surface area contributed by atoms with E-state index in [0.29, 0.717) is 11.3 Å². The number of amides is 1. The third-order valence-electron chi connectivity index (χ3n) is 3.64. The van der Waals surface area contributed by atoms with Gasteiger partial charge in [-0.2, -0.15) is 0 Å². The van der Waals surface area contributed by atoms with Crippen molar-refractivity contribution in [1.82, 2.24) is 15.4 Å². The molecule has 0 aliphatic heterocycles. The first kappa shape index (κ1) is 17.9. The molecule has 0 fully saturated rings. The van der Waals surface area contributed by atoms with Crippen LogP contribution in [0, 0.1) is 19.7 Å². The summed E-state index contributed by atoms with van der Waals surface area (Å²) in [5.41, 5.74) is 8.37. The van der Waals surface area contributed by atoms with Gasteiger partial charge in [-0.05, 0) is 70.2 Å². The van der Waals surface area contributed by atoms with Crippen LogP contribution in [-0.2, 0) is 0 Å². The second kappa shape index (κ2) is 7.44. The van der Waals surface area contributed by atoms with Crippen LogP contribution in [0.5, 0.6) is 0 Å². The van der Waals surface area contributed by atoms with Crippen molar-refractivity contribution in [3.05, 3.63) is 53.1 Å². The second-order valence-corrected chi connectivity index (χ2v) is 6.20. The minimum Gasteiger partial charge on any atom is -0.346 e. The van der Waals surface area contributed by atoms with E-state index in [4.69, 9.17) is 12.2 Å². The Morgan fingerprint density at radius 3 is 2.33 bits per heavy atom. The second-order valence-electron chi connectivity index (χ2n) is 5.79. The van der Waals surface area contributed by atoms with Crippen LogP contribution in [-0.4, -0.2) is 15.6 Å². The van der Waals surface area contributed by atoms with Crippen LogP contribution in [0.4, 0.5) is 10.1 Å². The molecule has 0 unspecified atom stereocenters. The summed E-state index contributed by atoms with van der Waals surface area (Å²) < 4.78 is 15.0. The number of carbonyl (C=O) groups is 1. The molecule has 0 spiro atoms. The number of hydrogen-bond donors (Lipinski definition) is 3. The summed E-state index contributed by atoms with van der Waals surface area (Å²) >= 11 is 5.11. The molecular formula is C17H21FN4OS. The van der Waals surface area contributed by atoms with Crippen LogP contribution in [0.15, 0.2) is 30.3 Å². The molecule has 1 heterocycles. The van der Waals surface area contributed by atoms with Crippen molar-refractivity contribution in [3.8, 4) is 0 Å². The van der Waals surface area contributed by atoms with E-state index in [-0.39, 0.29) is 22.9 Å². The first-order valence-electron chi connectivity index (χ1n) is 7.61. The van der Waals surface area contributed by atoms with Crippen molar-refractivity contribution in [2.45, 2.75) is 33.7 Å². The third kappa shape index (κ3) is 4.11. The van der Waals surface area contributed by atoms with Gasteiger partial charge in [0, 0.05) is 23.1 Å². The fourth-order valence-corrected chi connectivity index (χ4v) is 2.85. The molecule has 0 atom stereocenters. The monoisotopic (exact) mass is 348 g/mol. The summed E-state index contributed by atoms with van der Waals surface area (Å²) in [6, 6.07) is 7.89. The molecule has 1 amide bonds. The van der Waals surface area contributed by atoms with Crippen LogP contribution in [0.1, 0.15) is 41.6 Å². The maximum atomic E-state index is 12.9. The Bertz CT molecular complexity index is 753. The fourth-order valence-electron chi connectivity index (χ4n) is 2.68. The zero-order valence-corrected chi connectivity index (χ0v) is 14.9.